The highest BCUT2D eigenvalue weighted by Crippen LogP contribution is 2.25. The molecule has 6 nitrogen and oxygen atoms in total. The fourth-order valence-corrected chi connectivity index (χ4v) is 2.46. The van der Waals surface area contributed by atoms with E-state index in [4.69, 9.17) is 11.6 Å². The van der Waals surface area contributed by atoms with Crippen molar-refractivity contribution in [2.45, 2.75) is 13.3 Å². The SMILES string of the molecule is CCN1CCC(CNc2nc(Cl)ccc2[N+](=O)[O-])C1. The van der Waals surface area contributed by atoms with Crippen molar-refractivity contribution in [1.82, 2.24) is 9.88 Å². The predicted molar refractivity (Wildman–Crippen MR) is 74.6 cm³/mol. The van der Waals surface area contributed by atoms with Gasteiger partial charge in [-0.3, -0.25) is 10.1 Å². The van der Waals surface area contributed by atoms with Gasteiger partial charge in [-0.05, 0) is 31.5 Å². The van der Waals surface area contributed by atoms with Gasteiger partial charge >= 0.3 is 5.69 Å². The first-order chi connectivity index (χ1) is 9.10. The van der Waals surface area contributed by atoms with Crippen LogP contribution in [0.2, 0.25) is 5.15 Å². The minimum atomic E-state index is -0.446. The molecule has 1 aliphatic rings. The van der Waals surface area contributed by atoms with E-state index in [1.54, 1.807) is 0 Å². The Bertz CT molecular complexity index is 469. The van der Waals surface area contributed by atoms with Crippen LogP contribution in [0, 0.1) is 16.0 Å². The molecule has 1 aromatic heterocycles. The van der Waals surface area contributed by atoms with Crippen molar-refractivity contribution in [1.29, 1.82) is 0 Å². The van der Waals surface area contributed by atoms with Crippen LogP contribution < -0.4 is 5.32 Å². The Balaban J connectivity index is 1.99. The molecule has 0 aromatic carbocycles. The van der Waals surface area contributed by atoms with Crippen molar-refractivity contribution in [3.05, 3.63) is 27.4 Å². The van der Waals surface area contributed by atoms with Crippen LogP contribution in [-0.2, 0) is 0 Å². The third-order valence-corrected chi connectivity index (χ3v) is 3.62. The minimum Gasteiger partial charge on any atom is -0.364 e. The van der Waals surface area contributed by atoms with E-state index < -0.39 is 4.92 Å². The Labute approximate surface area is 116 Å². The summed E-state index contributed by atoms with van der Waals surface area (Å²) in [6.45, 7) is 5.99. The fourth-order valence-electron chi connectivity index (χ4n) is 2.31. The van der Waals surface area contributed by atoms with E-state index in [9.17, 15) is 10.1 Å². The molecule has 1 saturated heterocycles. The summed E-state index contributed by atoms with van der Waals surface area (Å²) in [7, 11) is 0. The monoisotopic (exact) mass is 284 g/mol. The Morgan fingerprint density at radius 1 is 1.63 bits per heavy atom. The standard InChI is InChI=1S/C12H17ClN4O2/c1-2-16-6-5-9(8-16)7-14-12-10(17(18)19)3-4-11(13)15-12/h3-4,9H,2,5-8H2,1H3,(H,14,15). The summed E-state index contributed by atoms with van der Waals surface area (Å²) in [4.78, 5) is 16.8. The van der Waals surface area contributed by atoms with Crippen LogP contribution in [0.15, 0.2) is 12.1 Å². The van der Waals surface area contributed by atoms with Gasteiger partial charge in [-0.2, -0.15) is 0 Å². The van der Waals surface area contributed by atoms with Gasteiger partial charge in [0.15, 0.2) is 0 Å². The highest BCUT2D eigenvalue weighted by molar-refractivity contribution is 6.29. The van der Waals surface area contributed by atoms with Crippen molar-refractivity contribution in [2.75, 3.05) is 31.5 Å². The zero-order valence-corrected chi connectivity index (χ0v) is 11.6. The van der Waals surface area contributed by atoms with Gasteiger partial charge in [0.05, 0.1) is 4.92 Å². The average Bonchev–Trinajstić information content (AvgIpc) is 2.84. The van der Waals surface area contributed by atoms with Crippen LogP contribution in [0.3, 0.4) is 0 Å². The molecule has 1 aromatic rings. The molecular weight excluding hydrogens is 268 g/mol. The Hall–Kier alpha value is -1.40. The third-order valence-electron chi connectivity index (χ3n) is 3.41. The lowest BCUT2D eigenvalue weighted by molar-refractivity contribution is -0.384. The molecule has 0 saturated carbocycles. The maximum Gasteiger partial charge on any atom is 0.311 e. The molecule has 1 N–H and O–H groups in total. The molecule has 0 spiro atoms. The normalized spacial score (nSPS) is 19.6. The van der Waals surface area contributed by atoms with Crippen LogP contribution in [0.5, 0.6) is 0 Å². The molecule has 1 atom stereocenters. The Morgan fingerprint density at radius 3 is 3.05 bits per heavy atom. The molecule has 2 heterocycles. The number of pyridine rings is 1. The van der Waals surface area contributed by atoms with Crippen LogP contribution >= 0.6 is 11.6 Å². The lowest BCUT2D eigenvalue weighted by Crippen LogP contribution is -2.22. The summed E-state index contributed by atoms with van der Waals surface area (Å²) in [6, 6.07) is 2.81. The molecule has 1 aliphatic heterocycles. The summed E-state index contributed by atoms with van der Waals surface area (Å²) in [6.07, 6.45) is 1.11. The number of nitrogens with zero attached hydrogens (tertiary/aromatic N) is 3. The molecule has 104 valence electrons. The van der Waals surface area contributed by atoms with E-state index in [0.29, 0.717) is 12.5 Å². The van der Waals surface area contributed by atoms with Crippen molar-refractivity contribution in [3.8, 4) is 0 Å². The van der Waals surface area contributed by atoms with E-state index in [2.05, 4.69) is 22.1 Å². The van der Waals surface area contributed by atoms with Gasteiger partial charge in [0.1, 0.15) is 5.15 Å². The first kappa shape index (κ1) is 14.0. The first-order valence-corrected chi connectivity index (χ1v) is 6.75. The maximum absolute atomic E-state index is 10.9. The van der Waals surface area contributed by atoms with Crippen molar-refractivity contribution in [3.63, 3.8) is 0 Å². The second-order valence-electron chi connectivity index (χ2n) is 4.69. The number of hydrogen-bond acceptors (Lipinski definition) is 5. The van der Waals surface area contributed by atoms with Crippen LogP contribution in [0.1, 0.15) is 13.3 Å². The number of likely N-dealkylation sites (tertiary alicyclic amines) is 1. The van der Waals surface area contributed by atoms with Crippen LogP contribution in [0.25, 0.3) is 0 Å². The molecule has 1 fully saturated rings. The smallest absolute Gasteiger partial charge is 0.311 e. The fraction of sp³-hybridized carbons (Fsp3) is 0.583. The summed E-state index contributed by atoms with van der Waals surface area (Å²) in [5.74, 6) is 0.757. The number of nitrogens with one attached hydrogen (secondary N) is 1. The molecule has 0 radical (unpaired) electrons. The zero-order chi connectivity index (χ0) is 13.8. The topological polar surface area (TPSA) is 71.3 Å². The second-order valence-corrected chi connectivity index (χ2v) is 5.07. The molecule has 0 bridgehead atoms. The second kappa shape index (κ2) is 6.16. The average molecular weight is 285 g/mol. The summed E-state index contributed by atoms with van der Waals surface area (Å²) < 4.78 is 0. The molecule has 0 amide bonds. The molecule has 7 heteroatoms. The van der Waals surface area contributed by atoms with E-state index in [1.165, 1.54) is 12.1 Å². The van der Waals surface area contributed by atoms with Gasteiger partial charge in [-0.15, -0.1) is 0 Å². The van der Waals surface area contributed by atoms with Crippen LogP contribution in [0.4, 0.5) is 11.5 Å². The first-order valence-electron chi connectivity index (χ1n) is 6.37. The number of nitro groups is 1. The van der Waals surface area contributed by atoms with Gasteiger partial charge in [0.2, 0.25) is 5.82 Å². The summed E-state index contributed by atoms with van der Waals surface area (Å²) >= 11 is 5.78. The number of anilines is 1. The molecular formula is C12H17ClN4O2. The lowest BCUT2D eigenvalue weighted by Gasteiger charge is -2.14. The number of halogens is 1. The molecule has 2 rings (SSSR count). The summed E-state index contributed by atoms with van der Waals surface area (Å²) in [5, 5.41) is 14.2. The van der Waals surface area contributed by atoms with E-state index in [0.717, 1.165) is 26.1 Å². The number of rotatable bonds is 5. The van der Waals surface area contributed by atoms with Crippen molar-refractivity contribution >= 4 is 23.1 Å². The quantitative estimate of drug-likeness (QED) is 0.511. The van der Waals surface area contributed by atoms with Crippen molar-refractivity contribution < 1.29 is 4.92 Å². The molecule has 0 aliphatic carbocycles. The van der Waals surface area contributed by atoms with Crippen molar-refractivity contribution in [2.24, 2.45) is 5.92 Å². The highest BCUT2D eigenvalue weighted by Gasteiger charge is 2.22. The predicted octanol–water partition coefficient (Wildman–Crippen LogP) is 2.40. The van der Waals surface area contributed by atoms with Gasteiger partial charge in [-0.1, -0.05) is 18.5 Å². The van der Waals surface area contributed by atoms with Gasteiger partial charge in [0, 0.05) is 19.2 Å². The highest BCUT2D eigenvalue weighted by atomic mass is 35.5. The van der Waals surface area contributed by atoms with E-state index in [-0.39, 0.29) is 16.7 Å². The zero-order valence-electron chi connectivity index (χ0n) is 10.8. The number of hydrogen-bond donors (Lipinski definition) is 1. The van der Waals surface area contributed by atoms with Gasteiger partial charge in [-0.25, -0.2) is 4.98 Å². The maximum atomic E-state index is 10.9. The minimum absolute atomic E-state index is 0.0326. The van der Waals surface area contributed by atoms with E-state index in [1.807, 2.05) is 0 Å². The molecule has 1 unspecified atom stereocenters. The van der Waals surface area contributed by atoms with E-state index >= 15 is 0 Å². The molecule has 19 heavy (non-hydrogen) atoms. The lowest BCUT2D eigenvalue weighted by atomic mass is 10.1. The van der Waals surface area contributed by atoms with Gasteiger partial charge < -0.3 is 10.2 Å². The van der Waals surface area contributed by atoms with Crippen LogP contribution in [-0.4, -0.2) is 41.0 Å². The largest absolute Gasteiger partial charge is 0.364 e. The van der Waals surface area contributed by atoms with Gasteiger partial charge in [0.25, 0.3) is 0 Å². The Kier molecular flexibility index (Phi) is 4.55. The number of aromatic nitrogens is 1. The third kappa shape index (κ3) is 3.54. The summed E-state index contributed by atoms with van der Waals surface area (Å²) in [5.41, 5.74) is -0.0326. The Morgan fingerprint density at radius 2 is 2.42 bits per heavy atom.